The van der Waals surface area contributed by atoms with Gasteiger partial charge in [-0.15, -0.1) is 0 Å². The molecule has 0 saturated carbocycles. The molecule has 5 N–H and O–H groups in total. The van der Waals surface area contributed by atoms with Crippen LogP contribution in [-0.2, 0) is 22.6 Å². The van der Waals surface area contributed by atoms with Crippen LogP contribution >= 0.6 is 0 Å². The Morgan fingerprint density at radius 3 is 2.54 bits per heavy atom. The van der Waals surface area contributed by atoms with Gasteiger partial charge in [0, 0.05) is 59.9 Å². The maximum atomic E-state index is 16.7. The highest BCUT2D eigenvalue weighted by atomic mass is 19.1. The lowest BCUT2D eigenvalue weighted by Gasteiger charge is -2.31. The van der Waals surface area contributed by atoms with Gasteiger partial charge in [-0.3, -0.25) is 24.5 Å². The summed E-state index contributed by atoms with van der Waals surface area (Å²) >= 11 is 0. The van der Waals surface area contributed by atoms with Crippen LogP contribution in [0.3, 0.4) is 0 Å². The highest BCUT2D eigenvalue weighted by Crippen LogP contribution is 2.41. The number of hydrogen-bond acceptors (Lipinski definition) is 8. The average Bonchev–Trinajstić information content (AvgIpc) is 4.02. The fourth-order valence-corrected chi connectivity index (χ4v) is 8.69. The van der Waals surface area contributed by atoms with E-state index in [1.54, 1.807) is 26.1 Å². The van der Waals surface area contributed by atoms with Crippen LogP contribution in [0.4, 0.5) is 19.3 Å². The van der Waals surface area contributed by atoms with E-state index in [1.807, 2.05) is 41.8 Å². The minimum absolute atomic E-state index is 0.0123. The molecule has 5 atom stereocenters. The Morgan fingerprint density at radius 2 is 1.86 bits per heavy atom. The highest BCUT2D eigenvalue weighted by molar-refractivity contribution is 5.94. The SMILES string of the molecule is C=Nc1cc(-c2cnc([C@@H]3C[C@@H](F)CN3C(=O)[C@@H](NC(=O)OC)C(C)C)[nH]2)ccc1-c1c(F)c2cc(-c3cn(C[C@@H]4CCCN4C[C@@H](NO)C(C)C)[nH]3)ccc2n1CC. The molecule has 0 radical (unpaired) electrons. The summed E-state index contributed by atoms with van der Waals surface area (Å²) in [5, 5.41) is 16.2. The number of aliphatic imine (C=N–C) groups is 1. The number of carbonyl (C=O) groups excluding carboxylic acids is 2. The van der Waals surface area contributed by atoms with Gasteiger partial charge in [-0.25, -0.2) is 24.0 Å². The fraction of sp³-hybridized carbons (Fsp3) is 0.488. The molecule has 14 nitrogen and oxygen atoms in total. The number of aromatic nitrogens is 5. The predicted molar refractivity (Wildman–Crippen MR) is 224 cm³/mol. The van der Waals surface area contributed by atoms with Gasteiger partial charge in [-0.2, -0.15) is 0 Å². The van der Waals surface area contributed by atoms with Crippen LogP contribution in [0.25, 0.3) is 44.7 Å². The molecular formula is C43H56F2N10O4. The van der Waals surface area contributed by atoms with Crippen molar-refractivity contribution < 1.29 is 28.3 Å². The summed E-state index contributed by atoms with van der Waals surface area (Å²) in [5.41, 5.74) is 7.81. The second-order valence-corrected chi connectivity index (χ2v) is 16.5. The van der Waals surface area contributed by atoms with Crippen molar-refractivity contribution in [2.75, 3.05) is 26.7 Å². The zero-order chi connectivity index (χ0) is 42.1. The van der Waals surface area contributed by atoms with E-state index in [4.69, 9.17) is 4.74 Å². The summed E-state index contributed by atoms with van der Waals surface area (Å²) in [6, 6.07) is 10.1. The number of fused-ring (bicyclic) bond motifs is 1. The molecule has 2 amide bonds. The number of carbonyl (C=O) groups is 2. The molecule has 2 aliphatic rings. The number of hydrogen-bond donors (Lipinski definition) is 5. The number of hydroxylamine groups is 1. The van der Waals surface area contributed by atoms with Crippen LogP contribution in [0.5, 0.6) is 0 Å². The van der Waals surface area contributed by atoms with Crippen molar-refractivity contribution in [3.05, 3.63) is 60.4 Å². The van der Waals surface area contributed by atoms with Gasteiger partial charge in [0.1, 0.15) is 18.0 Å². The van der Waals surface area contributed by atoms with Crippen molar-refractivity contribution in [2.24, 2.45) is 16.8 Å². The number of halogens is 2. The first-order valence-electron chi connectivity index (χ1n) is 20.5. The number of aryl methyl sites for hydroxylation is 1. The van der Waals surface area contributed by atoms with E-state index in [0.717, 1.165) is 49.2 Å². The minimum Gasteiger partial charge on any atom is -0.453 e. The van der Waals surface area contributed by atoms with Crippen LogP contribution in [0.1, 0.15) is 65.7 Å². The van der Waals surface area contributed by atoms with Crippen molar-refractivity contribution in [3.8, 4) is 33.8 Å². The van der Waals surface area contributed by atoms with Crippen molar-refractivity contribution in [1.29, 1.82) is 0 Å². The predicted octanol–water partition coefficient (Wildman–Crippen LogP) is 7.45. The number of likely N-dealkylation sites (tertiary alicyclic amines) is 2. The molecule has 0 spiro atoms. The van der Waals surface area contributed by atoms with Gasteiger partial charge < -0.3 is 29.7 Å². The Balaban J connectivity index is 1.11. The first kappa shape index (κ1) is 41.8. The van der Waals surface area contributed by atoms with E-state index < -0.39 is 30.3 Å². The lowest BCUT2D eigenvalue weighted by Crippen LogP contribution is -2.51. The first-order chi connectivity index (χ1) is 28.3. The summed E-state index contributed by atoms with van der Waals surface area (Å²) in [7, 11) is 1.22. The summed E-state index contributed by atoms with van der Waals surface area (Å²) in [4.78, 5) is 41.6. The second kappa shape index (κ2) is 17.5. The van der Waals surface area contributed by atoms with Gasteiger partial charge in [0.15, 0.2) is 5.82 Å². The lowest BCUT2D eigenvalue weighted by molar-refractivity contribution is -0.135. The Bertz CT molecular complexity index is 2280. The number of aromatic amines is 2. The summed E-state index contributed by atoms with van der Waals surface area (Å²) in [5.74, 6) is -0.311. The Hall–Kier alpha value is -5.32. The van der Waals surface area contributed by atoms with Crippen molar-refractivity contribution in [3.63, 3.8) is 0 Å². The van der Waals surface area contributed by atoms with Crippen LogP contribution in [0, 0.1) is 17.7 Å². The third-order valence-electron chi connectivity index (χ3n) is 12.1. The topological polar surface area (TPSA) is 161 Å². The van der Waals surface area contributed by atoms with Gasteiger partial charge in [0.25, 0.3) is 0 Å². The van der Waals surface area contributed by atoms with Gasteiger partial charge >= 0.3 is 6.09 Å². The molecule has 0 aliphatic carbocycles. The first-order valence-corrected chi connectivity index (χ1v) is 20.5. The molecule has 16 heteroatoms. The number of methoxy groups -OCH3 is 1. The number of nitrogens with one attached hydrogen (secondary N) is 4. The number of nitrogens with zero attached hydrogens (tertiary/aromatic N) is 6. The number of amides is 2. The molecule has 316 valence electrons. The van der Waals surface area contributed by atoms with Crippen molar-refractivity contribution >= 4 is 35.3 Å². The molecule has 2 fully saturated rings. The van der Waals surface area contributed by atoms with E-state index in [-0.39, 0.29) is 30.7 Å². The number of ether oxygens (including phenoxy) is 1. The fourth-order valence-electron chi connectivity index (χ4n) is 8.69. The third kappa shape index (κ3) is 8.30. The smallest absolute Gasteiger partial charge is 0.407 e. The highest BCUT2D eigenvalue weighted by Gasteiger charge is 2.42. The molecule has 59 heavy (non-hydrogen) atoms. The maximum absolute atomic E-state index is 16.7. The standard InChI is InChI=1S/C43H56F2N10O4/c1-8-54-36-14-12-26(35-23-53(50-35)21-29-10-9-15-52(29)22-34(51-58)24(2)3)16-31(36)38(45)40(54)30-13-11-27(17-32(30)46-6)33-19-47-41(48-33)37-18-28(44)20-55(37)42(56)39(25(4)5)49-43(57)59-7/h11-14,16-17,19,23-25,28-29,34,37,39,50-51,58H,6,8-10,15,18,20-22H2,1-5,7H3,(H,47,48)(H,49,57)/t28-,29+,34-,37+,39+/m1/s1. The molecular weight excluding hydrogens is 759 g/mol. The number of alkyl halides is 1. The van der Waals surface area contributed by atoms with Gasteiger partial charge in [-0.05, 0) is 69.1 Å². The number of rotatable bonds is 15. The van der Waals surface area contributed by atoms with Gasteiger partial charge in [-0.1, -0.05) is 39.8 Å². The normalized spacial score (nSPS) is 19.6. The van der Waals surface area contributed by atoms with E-state index in [2.05, 4.69) is 67.2 Å². The number of benzene rings is 2. The largest absolute Gasteiger partial charge is 0.453 e. The second-order valence-electron chi connectivity index (χ2n) is 16.5. The zero-order valence-electron chi connectivity index (χ0n) is 34.6. The third-order valence-corrected chi connectivity index (χ3v) is 12.1. The zero-order valence-corrected chi connectivity index (χ0v) is 34.6. The molecule has 7 rings (SSSR count). The number of H-pyrrole nitrogens is 2. The molecule has 2 aliphatic heterocycles. The molecule has 5 heterocycles. The lowest BCUT2D eigenvalue weighted by atomic mass is 10.0. The van der Waals surface area contributed by atoms with Crippen molar-refractivity contribution in [2.45, 2.75) is 97.3 Å². The van der Waals surface area contributed by atoms with Crippen LogP contribution < -0.4 is 10.8 Å². The number of imidazole rings is 1. The van der Waals surface area contributed by atoms with E-state index in [1.165, 1.54) is 12.0 Å². The average molecular weight is 815 g/mol. The van der Waals surface area contributed by atoms with Crippen LogP contribution in [-0.4, -0.2) is 109 Å². The van der Waals surface area contributed by atoms with E-state index in [0.29, 0.717) is 57.9 Å². The molecule has 2 saturated heterocycles. The molecule has 0 bridgehead atoms. The quantitative estimate of drug-likeness (QED) is 0.0542. The maximum Gasteiger partial charge on any atom is 0.407 e. The Morgan fingerprint density at radius 1 is 1.12 bits per heavy atom. The van der Waals surface area contributed by atoms with E-state index >= 15 is 4.39 Å². The van der Waals surface area contributed by atoms with Crippen LogP contribution in [0.15, 0.2) is 53.8 Å². The molecule has 5 aromatic rings. The molecule has 2 aromatic carbocycles. The van der Waals surface area contributed by atoms with E-state index in [9.17, 15) is 19.2 Å². The molecule has 3 aromatic heterocycles. The number of alkyl carbamates (subject to hydrolysis) is 1. The van der Waals surface area contributed by atoms with Gasteiger partial charge in [0.2, 0.25) is 5.91 Å². The summed E-state index contributed by atoms with van der Waals surface area (Å²) in [6.45, 7) is 16.6. The Labute approximate surface area is 343 Å². The monoisotopic (exact) mass is 814 g/mol. The summed E-state index contributed by atoms with van der Waals surface area (Å²) in [6.07, 6.45) is 3.95. The molecule has 0 unspecified atom stereocenters. The minimum atomic E-state index is -1.26. The van der Waals surface area contributed by atoms with Crippen LogP contribution in [0.2, 0.25) is 0 Å². The van der Waals surface area contributed by atoms with Gasteiger partial charge in [0.05, 0.1) is 60.7 Å². The van der Waals surface area contributed by atoms with Crippen molar-refractivity contribution in [1.82, 2.24) is 44.9 Å². The summed E-state index contributed by atoms with van der Waals surface area (Å²) < 4.78 is 40.3. The Kier molecular flexibility index (Phi) is 12.4.